The Bertz CT molecular complexity index is 512. The molecule has 6 heteroatoms. The van der Waals surface area contributed by atoms with Crippen LogP contribution in [0, 0.1) is 5.82 Å². The summed E-state index contributed by atoms with van der Waals surface area (Å²) in [6, 6.07) is 3.57. The van der Waals surface area contributed by atoms with Crippen LogP contribution >= 0.6 is 0 Å². The number of rotatable bonds is 3. The molecule has 88 valence electrons. The lowest BCUT2D eigenvalue weighted by Gasteiger charge is -2.16. The van der Waals surface area contributed by atoms with E-state index in [1.807, 2.05) is 0 Å². The van der Waals surface area contributed by atoms with Crippen molar-refractivity contribution >= 4 is 15.7 Å². The van der Waals surface area contributed by atoms with Crippen molar-refractivity contribution in [3.63, 3.8) is 0 Å². The van der Waals surface area contributed by atoms with Crippen molar-refractivity contribution in [2.45, 2.75) is 23.8 Å². The number of nitrogens with zero attached hydrogens (tertiary/aromatic N) is 1. The Balaban J connectivity index is 2.45. The fourth-order valence-corrected chi connectivity index (χ4v) is 3.02. The van der Waals surface area contributed by atoms with Crippen LogP contribution in [0.2, 0.25) is 0 Å². The predicted molar refractivity (Wildman–Crippen MR) is 58.8 cm³/mol. The van der Waals surface area contributed by atoms with E-state index in [9.17, 15) is 12.8 Å². The zero-order valence-corrected chi connectivity index (χ0v) is 9.67. The van der Waals surface area contributed by atoms with Gasteiger partial charge in [-0.25, -0.2) is 12.8 Å². The van der Waals surface area contributed by atoms with Gasteiger partial charge in [-0.3, -0.25) is 0 Å². The molecule has 1 saturated carbocycles. The van der Waals surface area contributed by atoms with Crippen molar-refractivity contribution in [1.29, 1.82) is 0 Å². The van der Waals surface area contributed by atoms with Gasteiger partial charge in [-0.1, -0.05) is 0 Å². The number of nitrogens with two attached hydrogens (primary N) is 1. The van der Waals surface area contributed by atoms with Gasteiger partial charge in [0.15, 0.2) is 0 Å². The second kappa shape index (κ2) is 3.71. The maximum absolute atomic E-state index is 13.4. The highest BCUT2D eigenvalue weighted by Crippen LogP contribution is 2.31. The topological polar surface area (TPSA) is 63.4 Å². The largest absolute Gasteiger partial charge is 0.399 e. The molecular formula is C10H13FN2O2S. The lowest BCUT2D eigenvalue weighted by molar-refractivity contribution is 0.457. The molecule has 0 atom stereocenters. The third-order valence-corrected chi connectivity index (χ3v) is 4.60. The molecule has 0 aromatic heterocycles. The van der Waals surface area contributed by atoms with Crippen molar-refractivity contribution in [2.24, 2.45) is 0 Å². The molecule has 0 heterocycles. The first-order valence-electron chi connectivity index (χ1n) is 4.96. The molecule has 1 aromatic carbocycles. The van der Waals surface area contributed by atoms with Gasteiger partial charge in [-0.05, 0) is 31.0 Å². The van der Waals surface area contributed by atoms with Gasteiger partial charge in [0.1, 0.15) is 10.7 Å². The van der Waals surface area contributed by atoms with Gasteiger partial charge < -0.3 is 5.73 Å². The van der Waals surface area contributed by atoms with E-state index < -0.39 is 15.8 Å². The average Bonchev–Trinajstić information content (AvgIpc) is 3.04. The Morgan fingerprint density at radius 1 is 1.44 bits per heavy atom. The quantitative estimate of drug-likeness (QED) is 0.812. The molecule has 0 amide bonds. The fourth-order valence-electron chi connectivity index (χ4n) is 1.51. The van der Waals surface area contributed by atoms with Crippen LogP contribution in [-0.2, 0) is 10.0 Å². The molecule has 1 aromatic rings. The number of hydrogen-bond donors (Lipinski definition) is 1. The normalized spacial score (nSPS) is 16.7. The molecule has 16 heavy (non-hydrogen) atoms. The van der Waals surface area contributed by atoms with Crippen LogP contribution < -0.4 is 5.73 Å². The van der Waals surface area contributed by atoms with E-state index in [4.69, 9.17) is 5.73 Å². The second-order valence-corrected chi connectivity index (χ2v) is 5.91. The average molecular weight is 244 g/mol. The smallest absolute Gasteiger partial charge is 0.246 e. The molecule has 0 saturated heterocycles. The van der Waals surface area contributed by atoms with E-state index in [-0.39, 0.29) is 16.6 Å². The van der Waals surface area contributed by atoms with Crippen LogP contribution in [0.25, 0.3) is 0 Å². The third-order valence-electron chi connectivity index (χ3n) is 2.67. The SMILES string of the molecule is CN(C1CC1)S(=O)(=O)c1cc(N)ccc1F. The first kappa shape index (κ1) is 11.3. The summed E-state index contributed by atoms with van der Waals surface area (Å²) in [5.41, 5.74) is 5.71. The van der Waals surface area contributed by atoms with Crippen molar-refractivity contribution in [3.05, 3.63) is 24.0 Å². The van der Waals surface area contributed by atoms with Crippen molar-refractivity contribution < 1.29 is 12.8 Å². The fraction of sp³-hybridized carbons (Fsp3) is 0.400. The van der Waals surface area contributed by atoms with Gasteiger partial charge >= 0.3 is 0 Å². The number of halogens is 1. The van der Waals surface area contributed by atoms with E-state index in [0.29, 0.717) is 0 Å². The molecule has 0 unspecified atom stereocenters. The summed E-state index contributed by atoms with van der Waals surface area (Å²) in [7, 11) is -2.28. The molecule has 0 aliphatic heterocycles. The molecule has 0 spiro atoms. The zero-order valence-electron chi connectivity index (χ0n) is 8.85. The van der Waals surface area contributed by atoms with Crippen molar-refractivity contribution in [2.75, 3.05) is 12.8 Å². The first-order chi connectivity index (χ1) is 7.43. The molecule has 1 aliphatic rings. The summed E-state index contributed by atoms with van der Waals surface area (Å²) in [5, 5.41) is 0. The zero-order chi connectivity index (χ0) is 11.9. The number of anilines is 1. The van der Waals surface area contributed by atoms with E-state index in [0.717, 1.165) is 25.0 Å². The van der Waals surface area contributed by atoms with Crippen LogP contribution in [0.5, 0.6) is 0 Å². The molecule has 2 N–H and O–H groups in total. The molecule has 2 rings (SSSR count). The van der Waals surface area contributed by atoms with Crippen LogP contribution in [0.15, 0.2) is 23.1 Å². The standard InChI is InChI=1S/C10H13FN2O2S/c1-13(8-3-4-8)16(14,15)10-6-7(12)2-5-9(10)11/h2,5-6,8H,3-4,12H2,1H3. The Kier molecular flexibility index (Phi) is 2.63. The first-order valence-corrected chi connectivity index (χ1v) is 6.40. The van der Waals surface area contributed by atoms with Crippen molar-refractivity contribution in [3.8, 4) is 0 Å². The minimum Gasteiger partial charge on any atom is -0.399 e. The summed E-state index contributed by atoms with van der Waals surface area (Å²) in [6.45, 7) is 0. The maximum Gasteiger partial charge on any atom is 0.246 e. The second-order valence-electron chi connectivity index (χ2n) is 3.94. The minimum absolute atomic E-state index is 0.00540. The molecule has 0 radical (unpaired) electrons. The van der Waals surface area contributed by atoms with Gasteiger partial charge in [0.25, 0.3) is 0 Å². The summed E-state index contributed by atoms with van der Waals surface area (Å²) in [5.74, 6) is -0.762. The monoisotopic (exact) mass is 244 g/mol. The summed E-state index contributed by atoms with van der Waals surface area (Å²) >= 11 is 0. The summed E-state index contributed by atoms with van der Waals surface area (Å²) in [6.07, 6.45) is 1.67. The molecular weight excluding hydrogens is 231 g/mol. The highest BCUT2D eigenvalue weighted by molar-refractivity contribution is 7.89. The maximum atomic E-state index is 13.4. The summed E-state index contributed by atoms with van der Waals surface area (Å²) in [4.78, 5) is -0.345. The van der Waals surface area contributed by atoms with Gasteiger partial charge in [0.2, 0.25) is 10.0 Å². The highest BCUT2D eigenvalue weighted by atomic mass is 32.2. The van der Waals surface area contributed by atoms with Crippen molar-refractivity contribution in [1.82, 2.24) is 4.31 Å². The van der Waals surface area contributed by atoms with Gasteiger partial charge in [0.05, 0.1) is 0 Å². The van der Waals surface area contributed by atoms with Crippen LogP contribution in [-0.4, -0.2) is 25.8 Å². The number of hydrogen-bond acceptors (Lipinski definition) is 3. The number of nitrogen functional groups attached to an aromatic ring is 1. The number of benzene rings is 1. The van der Waals surface area contributed by atoms with E-state index in [2.05, 4.69) is 0 Å². The third kappa shape index (κ3) is 1.90. The van der Waals surface area contributed by atoms with Gasteiger partial charge in [-0.2, -0.15) is 4.31 Å². The minimum atomic E-state index is -3.75. The van der Waals surface area contributed by atoms with E-state index in [1.54, 1.807) is 0 Å². The molecule has 1 aliphatic carbocycles. The molecule has 0 bridgehead atoms. The Hall–Kier alpha value is -1.14. The summed E-state index contributed by atoms with van der Waals surface area (Å²) < 4.78 is 38.7. The highest BCUT2D eigenvalue weighted by Gasteiger charge is 2.36. The van der Waals surface area contributed by atoms with Crippen LogP contribution in [0.3, 0.4) is 0 Å². The number of sulfonamides is 1. The lowest BCUT2D eigenvalue weighted by atomic mass is 10.3. The van der Waals surface area contributed by atoms with Gasteiger partial charge in [0, 0.05) is 18.8 Å². The van der Waals surface area contributed by atoms with Crippen LogP contribution in [0.1, 0.15) is 12.8 Å². The van der Waals surface area contributed by atoms with Gasteiger partial charge in [-0.15, -0.1) is 0 Å². The Morgan fingerprint density at radius 3 is 2.62 bits per heavy atom. The van der Waals surface area contributed by atoms with Crippen LogP contribution in [0.4, 0.5) is 10.1 Å². The Labute approximate surface area is 93.9 Å². The van der Waals surface area contributed by atoms with E-state index in [1.165, 1.54) is 17.4 Å². The van der Waals surface area contributed by atoms with E-state index >= 15 is 0 Å². The predicted octanol–water partition coefficient (Wildman–Crippen LogP) is 1.19. The molecule has 1 fully saturated rings. The Morgan fingerprint density at radius 2 is 2.06 bits per heavy atom. The molecule has 4 nitrogen and oxygen atoms in total. The lowest BCUT2D eigenvalue weighted by Crippen LogP contribution is -2.29.